The molecule has 1 heterocycles. The third-order valence-corrected chi connectivity index (χ3v) is 3.92. The van der Waals surface area contributed by atoms with Crippen molar-refractivity contribution in [2.45, 2.75) is 47.0 Å². The van der Waals surface area contributed by atoms with Crippen molar-refractivity contribution < 1.29 is 5.11 Å². The molecular formula is C16H30N2O. The summed E-state index contributed by atoms with van der Waals surface area (Å²) >= 11 is 0. The zero-order valence-corrected chi connectivity index (χ0v) is 13.0. The van der Waals surface area contributed by atoms with Gasteiger partial charge in [0.15, 0.2) is 0 Å². The number of hydrogen-bond acceptors (Lipinski definition) is 3. The highest BCUT2D eigenvalue weighted by Crippen LogP contribution is 2.17. The van der Waals surface area contributed by atoms with Crippen molar-refractivity contribution >= 4 is 5.71 Å². The lowest BCUT2D eigenvalue weighted by molar-refractivity contribution is 0.138. The van der Waals surface area contributed by atoms with E-state index in [0.29, 0.717) is 18.4 Å². The molecule has 0 radical (unpaired) electrons. The average molecular weight is 266 g/mol. The van der Waals surface area contributed by atoms with Gasteiger partial charge in [-0.2, -0.15) is 0 Å². The Labute approximate surface area is 118 Å². The van der Waals surface area contributed by atoms with Crippen LogP contribution in [0.15, 0.2) is 16.8 Å². The molecule has 0 bridgehead atoms. The predicted molar refractivity (Wildman–Crippen MR) is 82.6 cm³/mol. The molecule has 0 aliphatic carbocycles. The van der Waals surface area contributed by atoms with Crippen LogP contribution in [0.3, 0.4) is 0 Å². The van der Waals surface area contributed by atoms with Crippen molar-refractivity contribution in [2.75, 3.05) is 26.2 Å². The molecule has 1 rings (SSSR count). The highest BCUT2D eigenvalue weighted by molar-refractivity contribution is 5.86. The molecule has 1 saturated heterocycles. The summed E-state index contributed by atoms with van der Waals surface area (Å²) < 4.78 is 0. The molecular weight excluding hydrogens is 236 g/mol. The highest BCUT2D eigenvalue weighted by atomic mass is 16.3. The van der Waals surface area contributed by atoms with Gasteiger partial charge in [0, 0.05) is 25.1 Å². The summed E-state index contributed by atoms with van der Waals surface area (Å²) in [5.41, 5.74) is 2.60. The standard InChI is InChI=1S/C16H30N2O/c1-5-16(13(2)3)17-10-14(4)11-18-8-6-15(12-19)7-9-18/h10,13,15,19H,5-9,11-12H2,1-4H3/b14-10+,17-16?. The third kappa shape index (κ3) is 5.87. The van der Waals surface area contributed by atoms with Crippen LogP contribution >= 0.6 is 0 Å². The van der Waals surface area contributed by atoms with Gasteiger partial charge in [-0.3, -0.25) is 9.89 Å². The zero-order chi connectivity index (χ0) is 14.3. The predicted octanol–water partition coefficient (Wildman–Crippen LogP) is 3.10. The van der Waals surface area contributed by atoms with Gasteiger partial charge in [-0.1, -0.05) is 20.8 Å². The number of aliphatic hydroxyl groups is 1. The molecule has 1 N–H and O–H groups in total. The summed E-state index contributed by atoms with van der Waals surface area (Å²) in [6, 6.07) is 0. The van der Waals surface area contributed by atoms with Crippen molar-refractivity contribution in [3.63, 3.8) is 0 Å². The van der Waals surface area contributed by atoms with Crippen molar-refractivity contribution in [3.8, 4) is 0 Å². The van der Waals surface area contributed by atoms with Crippen LogP contribution in [-0.2, 0) is 0 Å². The van der Waals surface area contributed by atoms with Crippen molar-refractivity contribution in [1.29, 1.82) is 0 Å². The van der Waals surface area contributed by atoms with Gasteiger partial charge in [0.25, 0.3) is 0 Å². The zero-order valence-electron chi connectivity index (χ0n) is 13.0. The molecule has 0 aromatic rings. The fourth-order valence-corrected chi connectivity index (χ4v) is 2.56. The Balaban J connectivity index is 2.44. The average Bonchev–Trinajstić information content (AvgIpc) is 2.40. The molecule has 1 aliphatic heterocycles. The summed E-state index contributed by atoms with van der Waals surface area (Å²) in [5.74, 6) is 1.06. The van der Waals surface area contributed by atoms with E-state index in [-0.39, 0.29) is 0 Å². The van der Waals surface area contributed by atoms with Crippen LogP contribution in [0, 0.1) is 11.8 Å². The lowest BCUT2D eigenvalue weighted by Gasteiger charge is -2.31. The first kappa shape index (κ1) is 16.4. The molecule has 110 valence electrons. The minimum Gasteiger partial charge on any atom is -0.396 e. The van der Waals surface area contributed by atoms with Gasteiger partial charge in [0.1, 0.15) is 0 Å². The number of aliphatic hydroxyl groups excluding tert-OH is 1. The SMILES string of the molecule is CCC(=N/C=C(\C)CN1CCC(CO)CC1)C(C)C. The van der Waals surface area contributed by atoms with E-state index in [2.05, 4.69) is 37.6 Å². The Kier molecular flexibility index (Phi) is 7.32. The normalized spacial score (nSPS) is 20.3. The summed E-state index contributed by atoms with van der Waals surface area (Å²) in [6.07, 6.45) is 5.32. The first-order chi connectivity index (χ1) is 9.06. The van der Waals surface area contributed by atoms with Crippen molar-refractivity contribution in [1.82, 2.24) is 4.90 Å². The third-order valence-electron chi connectivity index (χ3n) is 3.92. The first-order valence-electron chi connectivity index (χ1n) is 7.62. The van der Waals surface area contributed by atoms with Crippen LogP contribution in [-0.4, -0.2) is 42.0 Å². The van der Waals surface area contributed by atoms with Crippen molar-refractivity contribution in [3.05, 3.63) is 11.8 Å². The molecule has 0 spiro atoms. The summed E-state index contributed by atoms with van der Waals surface area (Å²) in [4.78, 5) is 7.09. The van der Waals surface area contributed by atoms with Crippen LogP contribution in [0.2, 0.25) is 0 Å². The molecule has 0 atom stereocenters. The van der Waals surface area contributed by atoms with Crippen LogP contribution < -0.4 is 0 Å². The Morgan fingerprint density at radius 3 is 2.47 bits per heavy atom. The Hall–Kier alpha value is -0.670. The van der Waals surface area contributed by atoms with Gasteiger partial charge in [0.05, 0.1) is 0 Å². The first-order valence-corrected chi connectivity index (χ1v) is 7.62. The largest absolute Gasteiger partial charge is 0.396 e. The molecule has 0 unspecified atom stereocenters. The van der Waals surface area contributed by atoms with Crippen LogP contribution in [0.1, 0.15) is 47.0 Å². The van der Waals surface area contributed by atoms with Gasteiger partial charge in [0.2, 0.25) is 0 Å². The van der Waals surface area contributed by atoms with Gasteiger partial charge >= 0.3 is 0 Å². The lowest BCUT2D eigenvalue weighted by atomic mass is 9.98. The summed E-state index contributed by atoms with van der Waals surface area (Å²) in [6.45, 7) is 12.3. The van der Waals surface area contributed by atoms with Gasteiger partial charge in [-0.25, -0.2) is 0 Å². The maximum atomic E-state index is 9.14. The van der Waals surface area contributed by atoms with Gasteiger partial charge < -0.3 is 5.11 Å². The number of nitrogens with zero attached hydrogens (tertiary/aromatic N) is 2. The number of rotatable bonds is 6. The minimum absolute atomic E-state index is 0.348. The van der Waals surface area contributed by atoms with E-state index in [1.807, 2.05) is 6.20 Å². The van der Waals surface area contributed by atoms with E-state index in [1.54, 1.807) is 0 Å². The minimum atomic E-state index is 0.348. The quantitative estimate of drug-likeness (QED) is 0.750. The number of likely N-dealkylation sites (tertiary alicyclic amines) is 1. The maximum absolute atomic E-state index is 9.14. The topological polar surface area (TPSA) is 35.8 Å². The maximum Gasteiger partial charge on any atom is 0.0460 e. The molecule has 0 aromatic carbocycles. The fraction of sp³-hybridized carbons (Fsp3) is 0.812. The van der Waals surface area contributed by atoms with Gasteiger partial charge in [-0.15, -0.1) is 0 Å². The summed E-state index contributed by atoms with van der Waals surface area (Å²) in [5, 5.41) is 9.14. The summed E-state index contributed by atoms with van der Waals surface area (Å²) in [7, 11) is 0. The van der Waals surface area contributed by atoms with Gasteiger partial charge in [-0.05, 0) is 56.7 Å². The van der Waals surface area contributed by atoms with Crippen LogP contribution in [0.4, 0.5) is 0 Å². The Morgan fingerprint density at radius 1 is 1.37 bits per heavy atom. The molecule has 0 amide bonds. The molecule has 3 heteroatoms. The smallest absolute Gasteiger partial charge is 0.0460 e. The second kappa shape index (κ2) is 8.49. The molecule has 1 aliphatic rings. The molecule has 19 heavy (non-hydrogen) atoms. The number of aliphatic imine (C=N–C) groups is 1. The van der Waals surface area contributed by atoms with E-state index >= 15 is 0 Å². The Morgan fingerprint density at radius 2 is 2.00 bits per heavy atom. The van der Waals surface area contributed by atoms with Crippen LogP contribution in [0.5, 0.6) is 0 Å². The molecule has 0 aromatic heterocycles. The second-order valence-electron chi connectivity index (χ2n) is 6.01. The van der Waals surface area contributed by atoms with Crippen LogP contribution in [0.25, 0.3) is 0 Å². The molecule has 3 nitrogen and oxygen atoms in total. The second-order valence-corrected chi connectivity index (χ2v) is 6.01. The van der Waals surface area contributed by atoms with E-state index in [1.165, 1.54) is 11.3 Å². The fourth-order valence-electron chi connectivity index (χ4n) is 2.56. The molecule has 0 saturated carbocycles. The van der Waals surface area contributed by atoms with E-state index in [9.17, 15) is 0 Å². The molecule has 1 fully saturated rings. The monoisotopic (exact) mass is 266 g/mol. The Bertz CT molecular complexity index is 313. The number of piperidine rings is 1. The van der Waals surface area contributed by atoms with E-state index < -0.39 is 0 Å². The van der Waals surface area contributed by atoms with E-state index in [0.717, 1.165) is 38.9 Å². The van der Waals surface area contributed by atoms with E-state index in [4.69, 9.17) is 5.11 Å². The highest BCUT2D eigenvalue weighted by Gasteiger charge is 2.18. The lowest BCUT2D eigenvalue weighted by Crippen LogP contribution is -2.35. The number of hydrogen-bond donors (Lipinski definition) is 1. The van der Waals surface area contributed by atoms with Crippen molar-refractivity contribution in [2.24, 2.45) is 16.8 Å².